The van der Waals surface area contributed by atoms with Crippen LogP contribution in [-0.4, -0.2) is 49.4 Å². The molecule has 0 spiro atoms. The van der Waals surface area contributed by atoms with Crippen LogP contribution in [0.2, 0.25) is 0 Å². The second-order valence-corrected chi connectivity index (χ2v) is 6.99. The molecule has 0 aromatic heterocycles. The molecule has 1 aliphatic carbocycles. The van der Waals surface area contributed by atoms with Crippen LogP contribution in [0.3, 0.4) is 0 Å². The molecule has 1 N–H and O–H groups in total. The maximum absolute atomic E-state index is 12.0. The molecule has 1 fully saturated rings. The third kappa shape index (κ3) is 7.02. The fourth-order valence-electron chi connectivity index (χ4n) is 2.65. The minimum absolute atomic E-state index is 0.0655. The van der Waals surface area contributed by atoms with Crippen molar-refractivity contribution in [1.29, 1.82) is 0 Å². The van der Waals surface area contributed by atoms with Gasteiger partial charge in [0.2, 0.25) is 0 Å². The van der Waals surface area contributed by atoms with Crippen molar-refractivity contribution in [3.05, 3.63) is 0 Å². The Bertz CT molecular complexity index is 458. The average Bonchev–Trinajstić information content (AvgIpc) is 2.60. The molecule has 7 nitrogen and oxygen atoms in total. The quantitative estimate of drug-likeness (QED) is 0.473. The van der Waals surface area contributed by atoms with E-state index in [2.05, 4.69) is 0 Å². The van der Waals surface area contributed by atoms with E-state index in [0.29, 0.717) is 19.3 Å². The Morgan fingerprint density at radius 2 is 1.52 bits per heavy atom. The summed E-state index contributed by atoms with van der Waals surface area (Å²) in [6.45, 7) is 6.20. The van der Waals surface area contributed by atoms with E-state index < -0.39 is 29.2 Å². The van der Waals surface area contributed by atoms with Gasteiger partial charge in [0.05, 0.1) is 30.5 Å². The second-order valence-electron chi connectivity index (χ2n) is 6.99. The first kappa shape index (κ1) is 21.4. The van der Waals surface area contributed by atoms with Crippen molar-refractivity contribution in [2.75, 3.05) is 26.4 Å². The van der Waals surface area contributed by atoms with Gasteiger partial charge in [-0.1, -0.05) is 19.8 Å². The van der Waals surface area contributed by atoms with Gasteiger partial charge in [-0.2, -0.15) is 0 Å². The zero-order valence-corrected chi connectivity index (χ0v) is 15.4. The van der Waals surface area contributed by atoms with Crippen LogP contribution in [0.5, 0.6) is 0 Å². The first-order valence-electron chi connectivity index (χ1n) is 8.94. The Labute approximate surface area is 149 Å². The summed E-state index contributed by atoms with van der Waals surface area (Å²) in [6.07, 6.45) is 3.45. The maximum atomic E-state index is 12.0. The van der Waals surface area contributed by atoms with Crippen LogP contribution in [-0.2, 0) is 28.6 Å². The van der Waals surface area contributed by atoms with E-state index in [-0.39, 0.29) is 32.4 Å². The molecule has 0 bridgehead atoms. The van der Waals surface area contributed by atoms with Crippen molar-refractivity contribution < 1.29 is 33.7 Å². The number of carboxylic acids is 1. The van der Waals surface area contributed by atoms with Gasteiger partial charge in [-0.25, -0.2) is 0 Å². The summed E-state index contributed by atoms with van der Waals surface area (Å²) < 4.78 is 15.5. The van der Waals surface area contributed by atoms with Gasteiger partial charge in [-0.15, -0.1) is 0 Å². The van der Waals surface area contributed by atoms with Crippen LogP contribution >= 0.6 is 0 Å². The highest BCUT2D eigenvalue weighted by atomic mass is 16.6. The van der Waals surface area contributed by atoms with Crippen molar-refractivity contribution in [1.82, 2.24) is 0 Å². The molecular weight excluding hydrogens is 328 g/mol. The molecule has 0 saturated heterocycles. The minimum atomic E-state index is -0.935. The summed E-state index contributed by atoms with van der Waals surface area (Å²) in [5, 5.41) is 9.17. The predicted octanol–water partition coefficient (Wildman–Crippen LogP) is 2.42. The van der Waals surface area contributed by atoms with Crippen molar-refractivity contribution in [3.63, 3.8) is 0 Å². The van der Waals surface area contributed by atoms with Gasteiger partial charge in [0.25, 0.3) is 0 Å². The van der Waals surface area contributed by atoms with Gasteiger partial charge < -0.3 is 19.3 Å². The standard InChI is InChI=1S/C18H30O7/c1-4-18(2,3)17(22)25-12-10-23-9-11-24-16(21)14-8-6-5-7-13(14)15(19)20/h13-14H,4-12H2,1-3H3,(H,19,20). The number of aliphatic carboxylic acids is 1. The van der Waals surface area contributed by atoms with Crippen LogP contribution < -0.4 is 0 Å². The lowest BCUT2D eigenvalue weighted by Crippen LogP contribution is -2.34. The van der Waals surface area contributed by atoms with Crippen molar-refractivity contribution in [2.24, 2.45) is 17.3 Å². The molecule has 2 atom stereocenters. The molecule has 7 heteroatoms. The van der Waals surface area contributed by atoms with Crippen molar-refractivity contribution >= 4 is 17.9 Å². The molecule has 0 radical (unpaired) electrons. The summed E-state index contributed by atoms with van der Waals surface area (Å²) >= 11 is 0. The van der Waals surface area contributed by atoms with Gasteiger partial charge in [-0.05, 0) is 33.1 Å². The summed E-state index contributed by atoms with van der Waals surface area (Å²) in [6, 6.07) is 0. The number of carbonyl (C=O) groups excluding carboxylic acids is 2. The third-order valence-electron chi connectivity index (χ3n) is 4.76. The highest BCUT2D eigenvalue weighted by molar-refractivity contribution is 5.81. The van der Waals surface area contributed by atoms with Crippen LogP contribution in [0.4, 0.5) is 0 Å². The molecule has 0 aromatic carbocycles. The third-order valence-corrected chi connectivity index (χ3v) is 4.76. The number of carbonyl (C=O) groups is 3. The number of ether oxygens (including phenoxy) is 3. The molecule has 1 rings (SSSR count). The Kier molecular flexibility index (Phi) is 8.89. The number of esters is 2. The largest absolute Gasteiger partial charge is 0.481 e. The monoisotopic (exact) mass is 358 g/mol. The Morgan fingerprint density at radius 1 is 0.960 bits per heavy atom. The van der Waals surface area contributed by atoms with E-state index in [4.69, 9.17) is 14.2 Å². The lowest BCUT2D eigenvalue weighted by Gasteiger charge is -2.26. The van der Waals surface area contributed by atoms with Gasteiger partial charge in [-0.3, -0.25) is 14.4 Å². The smallest absolute Gasteiger partial charge is 0.311 e. The minimum Gasteiger partial charge on any atom is -0.481 e. The highest BCUT2D eigenvalue weighted by Gasteiger charge is 2.36. The normalized spacial score (nSPS) is 20.8. The number of hydrogen-bond acceptors (Lipinski definition) is 6. The average molecular weight is 358 g/mol. The molecular formula is C18H30O7. The Balaban J connectivity index is 2.16. The molecule has 0 amide bonds. The Hall–Kier alpha value is -1.63. The lowest BCUT2D eigenvalue weighted by atomic mass is 9.79. The molecule has 1 saturated carbocycles. The summed E-state index contributed by atoms with van der Waals surface area (Å²) in [5.41, 5.74) is -0.504. The summed E-state index contributed by atoms with van der Waals surface area (Å²) in [7, 11) is 0. The summed E-state index contributed by atoms with van der Waals surface area (Å²) in [5.74, 6) is -2.88. The van der Waals surface area contributed by atoms with Gasteiger partial charge in [0.1, 0.15) is 13.2 Å². The van der Waals surface area contributed by atoms with E-state index in [1.807, 2.05) is 20.8 Å². The predicted molar refractivity (Wildman–Crippen MR) is 89.9 cm³/mol. The maximum Gasteiger partial charge on any atom is 0.311 e. The first-order chi connectivity index (χ1) is 11.8. The van der Waals surface area contributed by atoms with Crippen LogP contribution in [0, 0.1) is 17.3 Å². The van der Waals surface area contributed by atoms with Crippen LogP contribution in [0.1, 0.15) is 52.9 Å². The van der Waals surface area contributed by atoms with Crippen LogP contribution in [0.25, 0.3) is 0 Å². The van der Waals surface area contributed by atoms with E-state index in [1.54, 1.807) is 0 Å². The fourth-order valence-corrected chi connectivity index (χ4v) is 2.65. The van der Waals surface area contributed by atoms with E-state index in [9.17, 15) is 19.5 Å². The van der Waals surface area contributed by atoms with Gasteiger partial charge in [0.15, 0.2) is 0 Å². The lowest BCUT2D eigenvalue weighted by molar-refractivity contribution is -0.161. The second kappa shape index (κ2) is 10.4. The van der Waals surface area contributed by atoms with E-state index in [0.717, 1.165) is 12.8 Å². The molecule has 1 aliphatic rings. The van der Waals surface area contributed by atoms with Crippen molar-refractivity contribution in [3.8, 4) is 0 Å². The molecule has 2 unspecified atom stereocenters. The van der Waals surface area contributed by atoms with Crippen molar-refractivity contribution in [2.45, 2.75) is 52.9 Å². The topological polar surface area (TPSA) is 99.1 Å². The fraction of sp³-hybridized carbons (Fsp3) is 0.833. The van der Waals surface area contributed by atoms with E-state index >= 15 is 0 Å². The number of carboxylic acid groups (broad SMARTS) is 1. The zero-order valence-electron chi connectivity index (χ0n) is 15.4. The number of hydrogen-bond donors (Lipinski definition) is 1. The molecule has 0 heterocycles. The molecule has 25 heavy (non-hydrogen) atoms. The number of rotatable bonds is 10. The molecule has 144 valence electrons. The first-order valence-corrected chi connectivity index (χ1v) is 8.94. The zero-order chi connectivity index (χ0) is 18.9. The molecule has 0 aliphatic heterocycles. The van der Waals surface area contributed by atoms with Crippen LogP contribution in [0.15, 0.2) is 0 Å². The Morgan fingerprint density at radius 3 is 2.08 bits per heavy atom. The SMILES string of the molecule is CCC(C)(C)C(=O)OCCOCCOC(=O)C1CCCCC1C(=O)O. The van der Waals surface area contributed by atoms with Gasteiger partial charge >= 0.3 is 17.9 Å². The van der Waals surface area contributed by atoms with Gasteiger partial charge in [0, 0.05) is 0 Å². The highest BCUT2D eigenvalue weighted by Crippen LogP contribution is 2.31. The van der Waals surface area contributed by atoms with E-state index in [1.165, 1.54) is 0 Å². The summed E-state index contributed by atoms with van der Waals surface area (Å²) in [4.78, 5) is 35.0. The molecule has 0 aromatic rings.